The van der Waals surface area contributed by atoms with Gasteiger partial charge in [-0.25, -0.2) is 13.8 Å². The standard InChI is InChI=1S/C16H20F2N4O2S/c1-16(2,3)21-13(23)7-22(4)14(24)8-25-15-19-11-5-9(17)10(18)6-12(11)20-15/h5-6H,7-8H2,1-4H3,(H,19,20)(H,21,23). The number of hydrogen-bond acceptors (Lipinski definition) is 4. The Balaban J connectivity index is 1.92. The summed E-state index contributed by atoms with van der Waals surface area (Å²) in [7, 11) is 1.54. The third-order valence-electron chi connectivity index (χ3n) is 3.16. The van der Waals surface area contributed by atoms with Gasteiger partial charge in [0.05, 0.1) is 23.3 Å². The summed E-state index contributed by atoms with van der Waals surface area (Å²) in [6, 6.07) is 2.02. The molecule has 1 aromatic carbocycles. The molecule has 0 unspecified atom stereocenters. The van der Waals surface area contributed by atoms with Gasteiger partial charge >= 0.3 is 0 Å². The Morgan fingerprint density at radius 1 is 1.28 bits per heavy atom. The summed E-state index contributed by atoms with van der Waals surface area (Å²) in [5, 5.41) is 3.15. The van der Waals surface area contributed by atoms with Gasteiger partial charge in [-0.15, -0.1) is 0 Å². The summed E-state index contributed by atoms with van der Waals surface area (Å²) >= 11 is 1.10. The number of carbonyl (C=O) groups excluding carboxylic acids is 2. The van der Waals surface area contributed by atoms with Crippen LogP contribution in [0.5, 0.6) is 0 Å². The number of amides is 2. The molecule has 0 saturated heterocycles. The van der Waals surface area contributed by atoms with Crippen molar-refractivity contribution in [3.05, 3.63) is 23.8 Å². The maximum absolute atomic E-state index is 13.2. The van der Waals surface area contributed by atoms with Crippen LogP contribution in [0, 0.1) is 11.6 Å². The van der Waals surface area contributed by atoms with Crippen LogP contribution < -0.4 is 5.32 Å². The highest BCUT2D eigenvalue weighted by Crippen LogP contribution is 2.21. The van der Waals surface area contributed by atoms with E-state index in [4.69, 9.17) is 0 Å². The second-order valence-corrected chi connectivity index (χ2v) is 7.63. The number of hydrogen-bond donors (Lipinski definition) is 2. The third kappa shape index (κ3) is 5.42. The zero-order valence-electron chi connectivity index (χ0n) is 14.4. The Bertz CT molecular complexity index is 762. The smallest absolute Gasteiger partial charge is 0.240 e. The van der Waals surface area contributed by atoms with E-state index < -0.39 is 11.6 Å². The Kier molecular flexibility index (Phi) is 5.66. The minimum absolute atomic E-state index is 0.0457. The van der Waals surface area contributed by atoms with Crippen LogP contribution in [-0.4, -0.2) is 51.6 Å². The molecule has 0 bridgehead atoms. The Labute approximate surface area is 148 Å². The van der Waals surface area contributed by atoms with E-state index in [1.807, 2.05) is 20.8 Å². The lowest BCUT2D eigenvalue weighted by Crippen LogP contribution is -2.46. The monoisotopic (exact) mass is 370 g/mol. The fourth-order valence-corrected chi connectivity index (χ4v) is 2.88. The Hall–Kier alpha value is -2.16. The number of halogens is 2. The molecule has 1 aromatic heterocycles. The van der Waals surface area contributed by atoms with E-state index in [1.165, 1.54) is 11.9 Å². The highest BCUT2D eigenvalue weighted by Gasteiger charge is 2.18. The predicted octanol–water partition coefficient (Wildman–Crippen LogP) is 2.31. The average Bonchev–Trinajstić information content (AvgIpc) is 2.84. The van der Waals surface area contributed by atoms with Gasteiger partial charge in [-0.2, -0.15) is 0 Å². The normalized spacial score (nSPS) is 11.6. The molecule has 6 nitrogen and oxygen atoms in total. The molecule has 136 valence electrons. The molecule has 25 heavy (non-hydrogen) atoms. The molecule has 0 spiro atoms. The lowest BCUT2D eigenvalue weighted by molar-refractivity contribution is -0.133. The van der Waals surface area contributed by atoms with Crippen LogP contribution in [0.25, 0.3) is 11.0 Å². The maximum atomic E-state index is 13.2. The fraction of sp³-hybridized carbons (Fsp3) is 0.438. The van der Waals surface area contributed by atoms with Crippen LogP contribution in [0.15, 0.2) is 17.3 Å². The quantitative estimate of drug-likeness (QED) is 0.792. The van der Waals surface area contributed by atoms with Crippen LogP contribution in [0.1, 0.15) is 20.8 Å². The Morgan fingerprint density at radius 2 is 1.92 bits per heavy atom. The molecule has 0 aliphatic rings. The summed E-state index contributed by atoms with van der Waals surface area (Å²) in [6.45, 7) is 5.52. The second kappa shape index (κ2) is 7.38. The molecule has 0 radical (unpaired) electrons. The zero-order valence-corrected chi connectivity index (χ0v) is 15.3. The zero-order chi connectivity index (χ0) is 18.8. The van der Waals surface area contributed by atoms with Crippen molar-refractivity contribution in [2.75, 3.05) is 19.3 Å². The molecule has 0 fully saturated rings. The van der Waals surface area contributed by atoms with E-state index in [2.05, 4.69) is 15.3 Å². The van der Waals surface area contributed by atoms with Gasteiger partial charge < -0.3 is 15.2 Å². The highest BCUT2D eigenvalue weighted by atomic mass is 32.2. The summed E-state index contributed by atoms with van der Waals surface area (Å²) in [6.07, 6.45) is 0. The first kappa shape index (κ1) is 19.2. The largest absolute Gasteiger partial charge is 0.350 e. The minimum atomic E-state index is -0.976. The topological polar surface area (TPSA) is 78.1 Å². The highest BCUT2D eigenvalue weighted by molar-refractivity contribution is 7.99. The lowest BCUT2D eigenvalue weighted by atomic mass is 10.1. The summed E-state index contributed by atoms with van der Waals surface area (Å²) in [5.41, 5.74) is 0.271. The van der Waals surface area contributed by atoms with Crippen molar-refractivity contribution in [2.24, 2.45) is 0 Å². The third-order valence-corrected chi connectivity index (χ3v) is 4.01. The van der Waals surface area contributed by atoms with E-state index in [1.54, 1.807) is 0 Å². The van der Waals surface area contributed by atoms with E-state index in [0.29, 0.717) is 10.7 Å². The van der Waals surface area contributed by atoms with Crippen molar-refractivity contribution in [1.82, 2.24) is 20.2 Å². The number of nitrogens with zero attached hydrogens (tertiary/aromatic N) is 2. The van der Waals surface area contributed by atoms with Crippen LogP contribution in [0.2, 0.25) is 0 Å². The first-order chi connectivity index (χ1) is 11.5. The van der Waals surface area contributed by atoms with Crippen molar-refractivity contribution >= 4 is 34.6 Å². The lowest BCUT2D eigenvalue weighted by Gasteiger charge is -2.23. The van der Waals surface area contributed by atoms with E-state index >= 15 is 0 Å². The van der Waals surface area contributed by atoms with E-state index in [0.717, 1.165) is 23.9 Å². The van der Waals surface area contributed by atoms with Crippen LogP contribution in [0.4, 0.5) is 8.78 Å². The molecule has 2 rings (SSSR count). The van der Waals surface area contributed by atoms with Gasteiger partial charge in [0, 0.05) is 24.7 Å². The number of benzene rings is 1. The number of imidazole rings is 1. The van der Waals surface area contributed by atoms with Crippen molar-refractivity contribution in [3.63, 3.8) is 0 Å². The predicted molar refractivity (Wildman–Crippen MR) is 92.3 cm³/mol. The molecule has 0 saturated carbocycles. The number of carbonyl (C=O) groups is 2. The van der Waals surface area contributed by atoms with Gasteiger partial charge in [0.2, 0.25) is 11.8 Å². The average molecular weight is 370 g/mol. The van der Waals surface area contributed by atoms with E-state index in [9.17, 15) is 18.4 Å². The number of likely N-dealkylation sites (N-methyl/N-ethyl adjacent to an activating group) is 1. The van der Waals surface area contributed by atoms with Gasteiger partial charge in [0.25, 0.3) is 0 Å². The van der Waals surface area contributed by atoms with Gasteiger partial charge in [-0.3, -0.25) is 9.59 Å². The second-order valence-electron chi connectivity index (χ2n) is 6.66. The maximum Gasteiger partial charge on any atom is 0.240 e. The van der Waals surface area contributed by atoms with Gasteiger partial charge in [0.15, 0.2) is 16.8 Å². The molecular weight excluding hydrogens is 350 g/mol. The summed E-state index contributed by atoms with van der Waals surface area (Å²) < 4.78 is 26.4. The first-order valence-electron chi connectivity index (χ1n) is 7.58. The molecule has 0 atom stereocenters. The number of fused-ring (bicyclic) bond motifs is 1. The molecule has 0 aliphatic heterocycles. The van der Waals surface area contributed by atoms with Crippen LogP contribution >= 0.6 is 11.8 Å². The van der Waals surface area contributed by atoms with Gasteiger partial charge in [0.1, 0.15) is 0 Å². The number of nitrogens with one attached hydrogen (secondary N) is 2. The Morgan fingerprint density at radius 3 is 2.56 bits per heavy atom. The number of rotatable bonds is 5. The van der Waals surface area contributed by atoms with Crippen molar-refractivity contribution in [1.29, 1.82) is 0 Å². The van der Waals surface area contributed by atoms with Crippen molar-refractivity contribution < 1.29 is 18.4 Å². The molecule has 1 heterocycles. The number of thioether (sulfide) groups is 1. The van der Waals surface area contributed by atoms with Crippen molar-refractivity contribution in [3.8, 4) is 0 Å². The molecule has 2 N–H and O–H groups in total. The first-order valence-corrected chi connectivity index (χ1v) is 8.56. The minimum Gasteiger partial charge on any atom is -0.350 e. The molecule has 2 aromatic rings. The van der Waals surface area contributed by atoms with Crippen LogP contribution in [-0.2, 0) is 9.59 Å². The number of aromatic nitrogens is 2. The SMILES string of the molecule is CN(CC(=O)NC(C)(C)C)C(=O)CSc1nc2cc(F)c(F)cc2[nH]1. The fourth-order valence-electron chi connectivity index (χ4n) is 2.05. The summed E-state index contributed by atoms with van der Waals surface area (Å²) in [5.74, 6) is -2.40. The van der Waals surface area contributed by atoms with Gasteiger partial charge in [-0.05, 0) is 20.8 Å². The number of aromatic amines is 1. The van der Waals surface area contributed by atoms with Crippen molar-refractivity contribution in [2.45, 2.75) is 31.5 Å². The molecule has 9 heteroatoms. The number of H-pyrrole nitrogens is 1. The summed E-state index contributed by atoms with van der Waals surface area (Å²) in [4.78, 5) is 32.2. The van der Waals surface area contributed by atoms with Crippen LogP contribution in [0.3, 0.4) is 0 Å². The molecule has 2 amide bonds. The van der Waals surface area contributed by atoms with Gasteiger partial charge in [-0.1, -0.05) is 11.8 Å². The molecular formula is C16H20F2N4O2S. The molecule has 0 aliphatic carbocycles. The van der Waals surface area contributed by atoms with E-state index in [-0.39, 0.29) is 35.2 Å².